The van der Waals surface area contributed by atoms with Gasteiger partial charge in [0.25, 0.3) is 0 Å². The summed E-state index contributed by atoms with van der Waals surface area (Å²) in [6.07, 6.45) is 6.47. The molecule has 1 aromatic heterocycles. The van der Waals surface area contributed by atoms with Crippen molar-refractivity contribution in [2.45, 2.75) is 39.8 Å². The van der Waals surface area contributed by atoms with E-state index in [4.69, 9.17) is 26.6 Å². The summed E-state index contributed by atoms with van der Waals surface area (Å²) >= 11 is 0. The highest BCUT2D eigenvalue weighted by Crippen LogP contribution is 2.15. The zero-order chi connectivity index (χ0) is 23.0. The molecule has 2 aromatic rings. The van der Waals surface area contributed by atoms with Gasteiger partial charge in [-0.15, -0.1) is 0 Å². The number of hydrogen-bond acceptors (Lipinski definition) is 7. The van der Waals surface area contributed by atoms with Crippen molar-refractivity contribution < 1.29 is 26.6 Å². The highest BCUT2D eigenvalue weighted by Gasteiger charge is 2.42. The van der Waals surface area contributed by atoms with Crippen molar-refractivity contribution in [1.29, 1.82) is 0 Å². The zero-order valence-electron chi connectivity index (χ0n) is 19.7. The largest absolute Gasteiger partial charge is 0.537 e. The smallest absolute Gasteiger partial charge is 0.377 e. The second kappa shape index (κ2) is 15.4. The molecule has 0 atom stereocenters. The van der Waals surface area contributed by atoms with Crippen LogP contribution in [0, 0.1) is 0 Å². The van der Waals surface area contributed by atoms with Crippen LogP contribution in [0.2, 0.25) is 6.04 Å². The molecule has 0 aliphatic carbocycles. The average Bonchev–Trinajstić information content (AvgIpc) is 3.32. The van der Waals surface area contributed by atoms with Gasteiger partial charge in [0.2, 0.25) is 0 Å². The Balaban J connectivity index is 0.000000311. The summed E-state index contributed by atoms with van der Waals surface area (Å²) in [5.41, 5.74) is 0. The second-order valence-corrected chi connectivity index (χ2v) is 12.1. The van der Waals surface area contributed by atoms with Gasteiger partial charge >= 0.3 is 17.6 Å². The van der Waals surface area contributed by atoms with Crippen LogP contribution < -0.4 is 5.19 Å². The predicted octanol–water partition coefficient (Wildman–Crippen LogP) is 3.09. The Hall–Kier alpha value is -1.38. The van der Waals surface area contributed by atoms with Crippen LogP contribution in [0.3, 0.4) is 0 Å². The third-order valence-corrected chi connectivity index (χ3v) is 10.4. The summed E-state index contributed by atoms with van der Waals surface area (Å²) in [4.78, 5) is 3.98. The fraction of sp³-hybridized carbons (Fsp3) is 0.571. The molecule has 176 valence electrons. The van der Waals surface area contributed by atoms with Gasteiger partial charge in [0.05, 0.1) is 6.33 Å². The molecule has 0 N–H and O–H groups in total. The number of nitrogens with zero attached hydrogens (tertiary/aromatic N) is 2. The number of imidazole rings is 1. The molecule has 0 bridgehead atoms. The monoisotopic (exact) mass is 470 g/mol. The normalized spacial score (nSPS) is 11.8. The number of benzene rings is 1. The van der Waals surface area contributed by atoms with E-state index in [-0.39, 0.29) is 0 Å². The molecule has 0 aliphatic heterocycles. The van der Waals surface area contributed by atoms with E-state index in [0.29, 0.717) is 19.8 Å². The van der Waals surface area contributed by atoms with E-state index in [1.807, 2.05) is 61.9 Å². The Morgan fingerprint density at radius 3 is 1.81 bits per heavy atom. The van der Waals surface area contributed by atoms with Gasteiger partial charge in [-0.05, 0) is 27.2 Å². The first-order valence-electron chi connectivity index (χ1n) is 10.6. The van der Waals surface area contributed by atoms with Crippen molar-refractivity contribution >= 4 is 22.8 Å². The molecule has 10 heteroatoms. The Labute approximate surface area is 189 Å². The lowest BCUT2D eigenvalue weighted by Gasteiger charge is -2.28. The summed E-state index contributed by atoms with van der Waals surface area (Å²) in [6, 6.07) is 10.8. The molecular weight excluding hydrogens is 432 g/mol. The van der Waals surface area contributed by atoms with E-state index in [1.54, 1.807) is 33.9 Å². The Morgan fingerprint density at radius 2 is 1.39 bits per heavy atom. The van der Waals surface area contributed by atoms with Crippen LogP contribution in [0.1, 0.15) is 27.2 Å². The lowest BCUT2D eigenvalue weighted by Crippen LogP contribution is -2.56. The number of hydrogen-bond donors (Lipinski definition) is 0. The summed E-state index contributed by atoms with van der Waals surface area (Å²) in [7, 11) is -0.150. The third kappa shape index (κ3) is 8.95. The van der Waals surface area contributed by atoms with E-state index in [9.17, 15) is 0 Å². The maximum Gasteiger partial charge on any atom is 0.537 e. The lowest BCUT2D eigenvalue weighted by molar-refractivity contribution is 0.0859. The molecule has 0 fully saturated rings. The van der Waals surface area contributed by atoms with Crippen molar-refractivity contribution in [1.82, 2.24) is 9.55 Å². The molecule has 8 nitrogen and oxygen atoms in total. The first-order chi connectivity index (χ1) is 15.0. The summed E-state index contributed by atoms with van der Waals surface area (Å²) in [6.45, 7) is 8.59. The Morgan fingerprint density at radius 1 is 0.839 bits per heavy atom. The number of aryl methyl sites for hydroxylation is 1. The first-order valence-corrected chi connectivity index (χ1v) is 14.3. The zero-order valence-corrected chi connectivity index (χ0v) is 21.7. The maximum absolute atomic E-state index is 5.79. The molecule has 2 rings (SSSR count). The number of rotatable bonds is 14. The van der Waals surface area contributed by atoms with Crippen LogP contribution in [0.4, 0.5) is 0 Å². The summed E-state index contributed by atoms with van der Waals surface area (Å²) in [5, 5.41) is 1.03. The summed E-state index contributed by atoms with van der Waals surface area (Å²) < 4.78 is 35.4. The minimum absolute atomic E-state index is 0.598. The molecule has 0 saturated carbocycles. The Kier molecular flexibility index (Phi) is 13.8. The van der Waals surface area contributed by atoms with Crippen molar-refractivity contribution in [3.05, 3.63) is 49.1 Å². The van der Waals surface area contributed by atoms with Crippen LogP contribution in [0.5, 0.6) is 0 Å². The van der Waals surface area contributed by atoms with Gasteiger partial charge in [0.15, 0.2) is 0 Å². The SMILES string of the molecule is CCO[Si](OCC)(OCC)c1ccccc1.CO[Si](CCCn1ccnc1)(OC)OC. The molecule has 1 heterocycles. The van der Waals surface area contributed by atoms with Crippen LogP contribution in [-0.4, -0.2) is 68.3 Å². The fourth-order valence-electron chi connectivity index (χ4n) is 3.04. The quantitative estimate of drug-likeness (QED) is 0.393. The number of aromatic nitrogens is 2. The van der Waals surface area contributed by atoms with Crippen molar-refractivity contribution in [3.63, 3.8) is 0 Å². The van der Waals surface area contributed by atoms with E-state index in [0.717, 1.165) is 24.2 Å². The first kappa shape index (κ1) is 27.7. The van der Waals surface area contributed by atoms with Gasteiger partial charge in [-0.25, -0.2) is 4.98 Å². The second-order valence-electron chi connectivity index (χ2n) is 6.42. The van der Waals surface area contributed by atoms with Gasteiger partial charge in [-0.2, -0.15) is 0 Å². The minimum Gasteiger partial charge on any atom is -0.377 e. The van der Waals surface area contributed by atoms with Crippen molar-refractivity contribution in [2.75, 3.05) is 41.2 Å². The van der Waals surface area contributed by atoms with Gasteiger partial charge in [-0.1, -0.05) is 30.3 Å². The molecule has 31 heavy (non-hydrogen) atoms. The van der Waals surface area contributed by atoms with Crippen LogP contribution >= 0.6 is 0 Å². The molecule has 0 radical (unpaired) electrons. The van der Waals surface area contributed by atoms with E-state index in [1.165, 1.54) is 0 Å². The Bertz CT molecular complexity index is 646. The van der Waals surface area contributed by atoms with Crippen LogP contribution in [0.25, 0.3) is 0 Å². The van der Waals surface area contributed by atoms with Crippen molar-refractivity contribution in [2.24, 2.45) is 0 Å². The molecule has 0 aliphatic rings. The van der Waals surface area contributed by atoms with Gasteiger partial charge in [0, 0.05) is 71.3 Å². The highest BCUT2D eigenvalue weighted by molar-refractivity contribution is 6.75. The van der Waals surface area contributed by atoms with Gasteiger partial charge < -0.3 is 31.1 Å². The molecule has 0 amide bonds. The van der Waals surface area contributed by atoms with Gasteiger partial charge in [0.1, 0.15) is 0 Å². The van der Waals surface area contributed by atoms with E-state index in [2.05, 4.69) is 4.98 Å². The van der Waals surface area contributed by atoms with Crippen molar-refractivity contribution in [3.8, 4) is 0 Å². The third-order valence-electron chi connectivity index (χ3n) is 4.52. The average molecular weight is 471 g/mol. The molecule has 0 spiro atoms. The van der Waals surface area contributed by atoms with E-state index >= 15 is 0 Å². The minimum atomic E-state index is -2.67. The molecule has 0 unspecified atom stereocenters. The van der Waals surface area contributed by atoms with Crippen LogP contribution in [-0.2, 0) is 33.1 Å². The fourth-order valence-corrected chi connectivity index (χ4v) is 7.23. The maximum atomic E-state index is 5.79. The van der Waals surface area contributed by atoms with Gasteiger partial charge in [-0.3, -0.25) is 0 Å². The van der Waals surface area contributed by atoms with E-state index < -0.39 is 17.6 Å². The molecule has 0 saturated heterocycles. The highest BCUT2D eigenvalue weighted by atomic mass is 28.4. The standard InChI is InChI=1S/C12H20O3Si.C9H18N2O3Si/c1-4-13-16(14-5-2,15-6-3)12-10-8-7-9-11-12;1-12-15(13-2,14-3)8-4-6-11-7-5-10-9-11/h7-11H,4-6H2,1-3H3;5,7,9H,4,6,8H2,1-3H3. The molecule has 1 aromatic carbocycles. The summed E-state index contributed by atoms with van der Waals surface area (Å²) in [5.74, 6) is 0. The van der Waals surface area contributed by atoms with Crippen LogP contribution in [0.15, 0.2) is 49.1 Å². The molecular formula is C21H38N2O6Si2. The predicted molar refractivity (Wildman–Crippen MR) is 125 cm³/mol. The lowest BCUT2D eigenvalue weighted by atomic mass is 10.4. The topological polar surface area (TPSA) is 73.2 Å².